The normalized spacial score (nSPS) is 14.9. The third kappa shape index (κ3) is 3.78. The van der Waals surface area contributed by atoms with E-state index in [4.69, 9.17) is 5.73 Å². The quantitative estimate of drug-likeness (QED) is 0.489. The number of carboxylic acids is 1. The summed E-state index contributed by atoms with van der Waals surface area (Å²) >= 11 is 0. The van der Waals surface area contributed by atoms with E-state index in [1.54, 1.807) is 43.5 Å². The Morgan fingerprint density at radius 3 is 2.35 bits per heavy atom. The number of hydrogen-bond donors (Lipinski definition) is 3. The molecule has 8 nitrogen and oxygen atoms in total. The Balaban J connectivity index is 1.90. The Kier molecular flexibility index (Phi) is 5.85. The van der Waals surface area contributed by atoms with Gasteiger partial charge in [0, 0.05) is 22.6 Å². The van der Waals surface area contributed by atoms with Gasteiger partial charge in [-0.2, -0.15) is 0 Å². The molecule has 0 bridgehead atoms. The number of primary amides is 1. The summed E-state index contributed by atoms with van der Waals surface area (Å²) in [6.07, 6.45) is 0.709. The predicted octanol–water partition coefficient (Wildman–Crippen LogP) is 3.51. The second kappa shape index (κ2) is 8.64. The molecule has 0 saturated carbocycles. The van der Waals surface area contributed by atoms with Gasteiger partial charge in [-0.15, -0.1) is 0 Å². The summed E-state index contributed by atoms with van der Waals surface area (Å²) in [7, 11) is 3.37. The van der Waals surface area contributed by atoms with Gasteiger partial charge in [-0.3, -0.25) is 14.5 Å². The molecule has 0 saturated heterocycles. The van der Waals surface area contributed by atoms with Crippen molar-refractivity contribution in [2.24, 2.45) is 5.73 Å². The fourth-order valence-electron chi connectivity index (χ4n) is 4.59. The van der Waals surface area contributed by atoms with Gasteiger partial charge >= 0.3 is 5.97 Å². The van der Waals surface area contributed by atoms with Gasteiger partial charge in [0.25, 0.3) is 11.8 Å². The number of aromatic nitrogens is 1. The van der Waals surface area contributed by atoms with Gasteiger partial charge in [0.15, 0.2) is 6.17 Å². The number of carbonyl (C=O) groups excluding carboxylic acids is 2. The minimum Gasteiger partial charge on any atom is -0.478 e. The van der Waals surface area contributed by atoms with Crippen LogP contribution in [0.3, 0.4) is 0 Å². The van der Waals surface area contributed by atoms with Crippen molar-refractivity contribution in [2.75, 3.05) is 19.4 Å². The lowest BCUT2D eigenvalue weighted by atomic mass is 9.99. The first kappa shape index (κ1) is 23.0. The Morgan fingerprint density at radius 2 is 1.76 bits per heavy atom. The van der Waals surface area contributed by atoms with Crippen LogP contribution in [0.15, 0.2) is 48.5 Å². The molecule has 8 heteroatoms. The van der Waals surface area contributed by atoms with Gasteiger partial charge in [-0.05, 0) is 56.8 Å². The molecule has 34 heavy (non-hydrogen) atoms. The molecule has 2 amide bonds. The largest absolute Gasteiger partial charge is 0.478 e. The van der Waals surface area contributed by atoms with Crippen molar-refractivity contribution in [1.82, 2.24) is 9.47 Å². The van der Waals surface area contributed by atoms with Crippen LogP contribution in [-0.4, -0.2) is 46.5 Å². The van der Waals surface area contributed by atoms with Crippen LogP contribution in [0.4, 0.5) is 5.69 Å². The van der Waals surface area contributed by atoms with Crippen LogP contribution in [-0.2, 0) is 9.59 Å². The predicted molar refractivity (Wildman–Crippen MR) is 131 cm³/mol. The zero-order valence-corrected chi connectivity index (χ0v) is 19.4. The summed E-state index contributed by atoms with van der Waals surface area (Å²) in [4.78, 5) is 38.9. The van der Waals surface area contributed by atoms with Crippen molar-refractivity contribution in [3.63, 3.8) is 0 Å². The van der Waals surface area contributed by atoms with Crippen LogP contribution in [0.2, 0.25) is 0 Å². The standard InChI is InChI=1S/C26H26N4O4/c1-14-21(30(15(2)22(14)26(33)34)25(23(27)31)29(3)4)13-19-18-11-10-17(12-20(18)28-24(19)32)16-8-6-5-7-9-16/h5-13,25H,1-4H3,(H2,27,31)(H,28,32)(H,33,34). The molecule has 1 aromatic heterocycles. The molecule has 0 radical (unpaired) electrons. The number of fused-ring (bicyclic) bond motifs is 1. The number of rotatable bonds is 6. The minimum absolute atomic E-state index is 0.0815. The molecule has 0 spiro atoms. The molecular weight excluding hydrogens is 432 g/mol. The second-order valence-corrected chi connectivity index (χ2v) is 8.52. The van der Waals surface area contributed by atoms with Crippen molar-refractivity contribution in [1.29, 1.82) is 0 Å². The lowest BCUT2D eigenvalue weighted by Crippen LogP contribution is -2.38. The van der Waals surface area contributed by atoms with E-state index in [2.05, 4.69) is 5.32 Å². The minimum atomic E-state index is -1.11. The third-order valence-electron chi connectivity index (χ3n) is 6.13. The fraction of sp³-hybridized carbons (Fsp3) is 0.192. The second-order valence-electron chi connectivity index (χ2n) is 8.52. The van der Waals surface area contributed by atoms with Crippen LogP contribution >= 0.6 is 0 Å². The van der Waals surface area contributed by atoms with Gasteiger partial charge < -0.3 is 20.7 Å². The third-order valence-corrected chi connectivity index (χ3v) is 6.13. The molecule has 1 aliphatic heterocycles. The first-order valence-electron chi connectivity index (χ1n) is 10.7. The SMILES string of the molecule is Cc1c(C(=O)O)c(C)n(C(C(N)=O)N(C)C)c1C=C1C(=O)Nc2cc(-c3ccccc3)ccc21. The molecule has 1 unspecified atom stereocenters. The molecule has 2 aromatic carbocycles. The molecule has 3 aromatic rings. The van der Waals surface area contributed by atoms with Crippen LogP contribution in [0, 0.1) is 13.8 Å². The molecule has 174 valence electrons. The highest BCUT2D eigenvalue weighted by Gasteiger charge is 2.31. The summed E-state index contributed by atoms with van der Waals surface area (Å²) in [6.45, 7) is 3.30. The summed E-state index contributed by atoms with van der Waals surface area (Å²) in [6, 6.07) is 15.5. The van der Waals surface area contributed by atoms with Gasteiger partial charge in [0.2, 0.25) is 0 Å². The summed E-state index contributed by atoms with van der Waals surface area (Å²) in [5.41, 5.74) is 10.8. The first-order valence-corrected chi connectivity index (χ1v) is 10.7. The maximum Gasteiger partial charge on any atom is 0.337 e. The number of hydrogen-bond acceptors (Lipinski definition) is 4. The van der Waals surface area contributed by atoms with E-state index in [0.29, 0.717) is 33.8 Å². The summed E-state index contributed by atoms with van der Waals surface area (Å²) < 4.78 is 1.58. The summed E-state index contributed by atoms with van der Waals surface area (Å²) in [5, 5.41) is 12.7. The highest BCUT2D eigenvalue weighted by molar-refractivity contribution is 6.35. The first-order chi connectivity index (χ1) is 16.1. The number of nitrogens with one attached hydrogen (secondary N) is 1. The zero-order valence-electron chi connectivity index (χ0n) is 19.4. The van der Waals surface area contributed by atoms with E-state index in [1.807, 2.05) is 48.5 Å². The molecule has 0 aliphatic carbocycles. The highest BCUT2D eigenvalue weighted by atomic mass is 16.4. The van der Waals surface area contributed by atoms with Gasteiger partial charge in [-0.1, -0.05) is 42.5 Å². The molecule has 1 aliphatic rings. The number of nitrogens with two attached hydrogens (primary N) is 1. The van der Waals surface area contributed by atoms with Crippen LogP contribution in [0.25, 0.3) is 22.8 Å². The maximum atomic E-state index is 13.0. The van der Waals surface area contributed by atoms with Crippen molar-refractivity contribution in [3.8, 4) is 11.1 Å². The monoisotopic (exact) mass is 458 g/mol. The number of carbonyl (C=O) groups is 3. The van der Waals surface area contributed by atoms with Crippen molar-refractivity contribution in [2.45, 2.75) is 20.0 Å². The molecule has 2 heterocycles. The van der Waals surface area contributed by atoms with Crippen LogP contribution in [0.5, 0.6) is 0 Å². The van der Waals surface area contributed by atoms with Crippen molar-refractivity contribution >= 4 is 35.1 Å². The van der Waals surface area contributed by atoms with Crippen molar-refractivity contribution < 1.29 is 19.5 Å². The molecular formula is C26H26N4O4. The lowest BCUT2D eigenvalue weighted by Gasteiger charge is -2.26. The van der Waals surface area contributed by atoms with Crippen LogP contribution < -0.4 is 11.1 Å². The smallest absolute Gasteiger partial charge is 0.337 e. The fourth-order valence-corrected chi connectivity index (χ4v) is 4.59. The van der Waals surface area contributed by atoms with Crippen molar-refractivity contribution in [3.05, 3.63) is 76.6 Å². The van der Waals surface area contributed by atoms with E-state index in [1.165, 1.54) is 0 Å². The molecule has 4 N–H and O–H groups in total. The summed E-state index contributed by atoms with van der Waals surface area (Å²) in [5.74, 6) is -2.05. The topological polar surface area (TPSA) is 118 Å². The average Bonchev–Trinajstić information content (AvgIpc) is 3.21. The van der Waals surface area contributed by atoms with Gasteiger partial charge in [0.1, 0.15) is 0 Å². The molecule has 1 atom stereocenters. The number of aromatic carboxylic acids is 1. The Morgan fingerprint density at radius 1 is 1.09 bits per heavy atom. The Labute approximate surface area is 197 Å². The lowest BCUT2D eigenvalue weighted by molar-refractivity contribution is -0.125. The Hall–Kier alpha value is -4.17. The van der Waals surface area contributed by atoms with E-state index in [0.717, 1.165) is 11.1 Å². The highest BCUT2D eigenvalue weighted by Crippen LogP contribution is 2.38. The number of anilines is 1. The van der Waals surface area contributed by atoms with E-state index in [-0.39, 0.29) is 11.5 Å². The van der Waals surface area contributed by atoms with Gasteiger partial charge in [-0.25, -0.2) is 4.79 Å². The zero-order chi connectivity index (χ0) is 24.7. The van der Waals surface area contributed by atoms with Gasteiger partial charge in [0.05, 0.1) is 11.1 Å². The van der Waals surface area contributed by atoms with E-state index < -0.39 is 18.0 Å². The number of amides is 2. The van der Waals surface area contributed by atoms with E-state index >= 15 is 0 Å². The average molecular weight is 459 g/mol. The molecule has 0 fully saturated rings. The molecule has 4 rings (SSSR count). The number of nitrogens with zero attached hydrogens (tertiary/aromatic N) is 2. The number of likely N-dealkylation sites (N-methyl/N-ethyl adjacent to an activating group) is 1. The van der Waals surface area contributed by atoms with Crippen LogP contribution in [0.1, 0.15) is 39.0 Å². The Bertz CT molecular complexity index is 1350. The maximum absolute atomic E-state index is 13.0. The van der Waals surface area contributed by atoms with E-state index in [9.17, 15) is 19.5 Å². The number of benzene rings is 2. The number of carboxylic acid groups (broad SMARTS) is 1.